The van der Waals surface area contributed by atoms with Gasteiger partial charge in [0, 0.05) is 25.2 Å². The second-order valence-corrected chi connectivity index (χ2v) is 5.38. The summed E-state index contributed by atoms with van der Waals surface area (Å²) in [6, 6.07) is 3.17. The first kappa shape index (κ1) is 13.4. The van der Waals surface area contributed by atoms with Crippen molar-refractivity contribution < 1.29 is 8.42 Å². The summed E-state index contributed by atoms with van der Waals surface area (Å²) in [7, 11) is -3.45. The van der Waals surface area contributed by atoms with Gasteiger partial charge in [-0.1, -0.05) is 19.9 Å². The number of rotatable bonds is 5. The minimum absolute atomic E-state index is 0.0741. The van der Waals surface area contributed by atoms with Crippen LogP contribution < -0.4 is 0 Å². The van der Waals surface area contributed by atoms with E-state index in [1.165, 1.54) is 16.6 Å². The Labute approximate surface area is 101 Å². The van der Waals surface area contributed by atoms with Crippen LogP contribution in [-0.2, 0) is 15.9 Å². The molecule has 0 fully saturated rings. The summed E-state index contributed by atoms with van der Waals surface area (Å²) in [6.07, 6.45) is 1.49. The maximum absolute atomic E-state index is 12.0. The van der Waals surface area contributed by atoms with Crippen molar-refractivity contribution in [2.45, 2.75) is 24.8 Å². The Morgan fingerprint density at radius 2 is 1.94 bits per heavy atom. The summed E-state index contributed by atoms with van der Waals surface area (Å²) in [5, 5.41) is 0.0741. The zero-order valence-corrected chi connectivity index (χ0v) is 10.9. The molecule has 0 bridgehead atoms. The molecule has 0 aliphatic carbocycles. The molecule has 1 aromatic rings. The van der Waals surface area contributed by atoms with Crippen molar-refractivity contribution in [1.29, 1.82) is 0 Å². The quantitative estimate of drug-likeness (QED) is 0.761. The van der Waals surface area contributed by atoms with Crippen LogP contribution in [0.1, 0.15) is 19.4 Å². The van der Waals surface area contributed by atoms with Gasteiger partial charge in [0.05, 0.1) is 0 Å². The van der Waals surface area contributed by atoms with Gasteiger partial charge in [-0.25, -0.2) is 13.4 Å². The Morgan fingerprint density at radius 1 is 1.31 bits per heavy atom. The van der Waals surface area contributed by atoms with Crippen molar-refractivity contribution in [2.24, 2.45) is 0 Å². The summed E-state index contributed by atoms with van der Waals surface area (Å²) in [4.78, 5) is 3.92. The number of pyridine rings is 1. The van der Waals surface area contributed by atoms with Crippen LogP contribution in [0.4, 0.5) is 0 Å². The lowest BCUT2D eigenvalue weighted by molar-refractivity contribution is 0.442. The molecule has 1 heterocycles. The molecule has 0 aliphatic rings. The number of nitrogens with zero attached hydrogens (tertiary/aromatic N) is 2. The molecule has 0 aromatic carbocycles. The number of hydrogen-bond acceptors (Lipinski definition) is 3. The van der Waals surface area contributed by atoms with E-state index >= 15 is 0 Å². The summed E-state index contributed by atoms with van der Waals surface area (Å²) in [5.74, 6) is 0.332. The van der Waals surface area contributed by atoms with Crippen molar-refractivity contribution in [3.63, 3.8) is 0 Å². The highest BCUT2D eigenvalue weighted by Gasteiger charge is 2.22. The smallest absolute Gasteiger partial charge is 0.243 e. The van der Waals surface area contributed by atoms with E-state index in [0.717, 1.165) is 5.56 Å². The van der Waals surface area contributed by atoms with Gasteiger partial charge < -0.3 is 0 Å². The Kier molecular flexibility index (Phi) is 4.70. The average Bonchev–Trinajstić information content (AvgIpc) is 2.30. The Balaban J connectivity index is 3.07. The largest absolute Gasteiger partial charge is 0.260 e. The first-order valence-corrected chi connectivity index (χ1v) is 7.04. The molecule has 1 aromatic heterocycles. The molecule has 90 valence electrons. The normalized spacial score (nSPS) is 12.0. The Morgan fingerprint density at radius 3 is 2.31 bits per heavy atom. The molecule has 4 nitrogen and oxygen atoms in total. The van der Waals surface area contributed by atoms with E-state index in [1.807, 2.05) is 0 Å². The second-order valence-electron chi connectivity index (χ2n) is 3.23. The molecule has 0 saturated heterocycles. The number of halogens is 1. The van der Waals surface area contributed by atoms with Crippen molar-refractivity contribution >= 4 is 21.6 Å². The van der Waals surface area contributed by atoms with Crippen LogP contribution in [0.3, 0.4) is 0 Å². The molecule has 0 radical (unpaired) electrons. The lowest BCUT2D eigenvalue weighted by Gasteiger charge is -2.17. The monoisotopic (exact) mass is 262 g/mol. The zero-order valence-electron chi connectivity index (χ0n) is 9.35. The summed E-state index contributed by atoms with van der Waals surface area (Å²) in [6.45, 7) is 4.48. The van der Waals surface area contributed by atoms with Crippen molar-refractivity contribution in [2.75, 3.05) is 13.1 Å². The van der Waals surface area contributed by atoms with Gasteiger partial charge in [-0.05, 0) is 11.6 Å². The van der Waals surface area contributed by atoms with Crippen molar-refractivity contribution in [3.8, 4) is 0 Å². The molecule has 0 unspecified atom stereocenters. The molecule has 0 atom stereocenters. The van der Waals surface area contributed by atoms with Gasteiger partial charge >= 0.3 is 0 Å². The third-order valence-electron chi connectivity index (χ3n) is 2.26. The van der Waals surface area contributed by atoms with Crippen LogP contribution in [0.5, 0.6) is 0 Å². The van der Waals surface area contributed by atoms with Gasteiger partial charge in [0.2, 0.25) is 0 Å². The molecule has 0 N–H and O–H groups in total. The fourth-order valence-electron chi connectivity index (χ4n) is 1.34. The van der Waals surface area contributed by atoms with Crippen LogP contribution in [0.15, 0.2) is 23.4 Å². The van der Waals surface area contributed by atoms with Gasteiger partial charge in [0.1, 0.15) is 0 Å². The number of aromatic nitrogens is 1. The van der Waals surface area contributed by atoms with E-state index in [-0.39, 0.29) is 5.03 Å². The molecule has 0 aliphatic heterocycles. The first-order chi connectivity index (χ1) is 7.56. The topological polar surface area (TPSA) is 50.3 Å². The van der Waals surface area contributed by atoms with Crippen LogP contribution >= 0.6 is 11.6 Å². The van der Waals surface area contributed by atoms with Crippen LogP contribution in [-0.4, -0.2) is 30.8 Å². The second kappa shape index (κ2) is 5.61. The summed E-state index contributed by atoms with van der Waals surface area (Å²) >= 11 is 5.61. The van der Waals surface area contributed by atoms with Gasteiger partial charge in [-0.3, -0.25) is 0 Å². The third-order valence-corrected chi connectivity index (χ3v) is 4.54. The van der Waals surface area contributed by atoms with E-state index in [0.29, 0.717) is 19.0 Å². The van der Waals surface area contributed by atoms with Gasteiger partial charge in [-0.15, -0.1) is 11.6 Å². The van der Waals surface area contributed by atoms with Gasteiger partial charge in [-0.2, -0.15) is 4.31 Å². The standard InChI is InChI=1S/C10H15ClN2O2S/c1-3-13(4-2)16(14,15)10-6-5-9(7-11)8-12-10/h5-6,8H,3-4,7H2,1-2H3. The molecule has 0 amide bonds. The number of sulfonamides is 1. The first-order valence-electron chi connectivity index (χ1n) is 5.07. The van der Waals surface area contributed by atoms with E-state index in [4.69, 9.17) is 11.6 Å². The van der Waals surface area contributed by atoms with Crippen LogP contribution in [0, 0.1) is 0 Å². The summed E-state index contributed by atoms with van der Waals surface area (Å²) < 4.78 is 25.4. The predicted octanol–water partition coefficient (Wildman–Crippen LogP) is 1.85. The minimum atomic E-state index is -3.45. The average molecular weight is 263 g/mol. The molecule has 0 spiro atoms. The predicted molar refractivity (Wildman–Crippen MR) is 63.9 cm³/mol. The highest BCUT2D eigenvalue weighted by Crippen LogP contribution is 2.13. The van der Waals surface area contributed by atoms with E-state index < -0.39 is 10.0 Å². The molecule has 16 heavy (non-hydrogen) atoms. The van der Waals surface area contributed by atoms with Gasteiger partial charge in [0.25, 0.3) is 10.0 Å². The molecular weight excluding hydrogens is 248 g/mol. The van der Waals surface area contributed by atoms with Crippen LogP contribution in [0.2, 0.25) is 0 Å². The molecule has 1 rings (SSSR count). The van der Waals surface area contributed by atoms with Crippen molar-refractivity contribution in [1.82, 2.24) is 9.29 Å². The third kappa shape index (κ3) is 2.72. The fraction of sp³-hybridized carbons (Fsp3) is 0.500. The number of hydrogen-bond donors (Lipinski definition) is 0. The summed E-state index contributed by atoms with van der Waals surface area (Å²) in [5.41, 5.74) is 0.806. The molecule has 6 heteroatoms. The lowest BCUT2D eigenvalue weighted by Crippen LogP contribution is -2.31. The SMILES string of the molecule is CCN(CC)S(=O)(=O)c1ccc(CCl)cn1. The van der Waals surface area contributed by atoms with E-state index in [2.05, 4.69) is 4.98 Å². The zero-order chi connectivity index (χ0) is 12.2. The van der Waals surface area contributed by atoms with Gasteiger partial charge in [0.15, 0.2) is 5.03 Å². The Bertz CT molecular complexity index is 427. The fourth-order valence-corrected chi connectivity index (χ4v) is 2.87. The van der Waals surface area contributed by atoms with Crippen LogP contribution in [0.25, 0.3) is 0 Å². The highest BCUT2D eigenvalue weighted by molar-refractivity contribution is 7.89. The highest BCUT2D eigenvalue weighted by atomic mass is 35.5. The van der Waals surface area contributed by atoms with Crippen molar-refractivity contribution in [3.05, 3.63) is 23.9 Å². The maximum Gasteiger partial charge on any atom is 0.260 e. The maximum atomic E-state index is 12.0. The van der Waals surface area contributed by atoms with E-state index in [1.54, 1.807) is 19.9 Å². The molecule has 0 saturated carbocycles. The lowest BCUT2D eigenvalue weighted by atomic mass is 10.3. The Hall–Kier alpha value is -0.650. The molecular formula is C10H15ClN2O2S. The minimum Gasteiger partial charge on any atom is -0.243 e. The van der Waals surface area contributed by atoms with E-state index in [9.17, 15) is 8.42 Å². The number of alkyl halides is 1.